The number of amides is 1. The van der Waals surface area contributed by atoms with Crippen LogP contribution in [0.4, 0.5) is 24.5 Å². The van der Waals surface area contributed by atoms with Crippen LogP contribution in [-0.2, 0) is 16.0 Å². The fraction of sp³-hybridized carbons (Fsp3) is 0.375. The molecular weight excluding hydrogens is 469 g/mol. The normalized spacial score (nSPS) is 13.9. The summed E-state index contributed by atoms with van der Waals surface area (Å²) in [4.78, 5) is 35.2. The van der Waals surface area contributed by atoms with Crippen molar-refractivity contribution < 1.29 is 42.5 Å². The fourth-order valence-corrected chi connectivity index (χ4v) is 3.40. The molecule has 3 N–H and O–H groups in total. The number of nitrogens with zero attached hydrogens (tertiary/aromatic N) is 1. The molecule has 1 fully saturated rings. The molecule has 3 rings (SSSR count). The highest BCUT2D eigenvalue weighted by atomic mass is 19.4. The first-order chi connectivity index (χ1) is 16.4. The third-order valence-electron chi connectivity index (χ3n) is 5.42. The van der Waals surface area contributed by atoms with E-state index >= 15 is 0 Å². The van der Waals surface area contributed by atoms with Gasteiger partial charge in [0, 0.05) is 18.8 Å². The summed E-state index contributed by atoms with van der Waals surface area (Å²) < 4.78 is 36.8. The number of aliphatic carboxylic acids is 1. The number of carbonyl (C=O) groups is 3. The first-order valence-electron chi connectivity index (χ1n) is 10.8. The van der Waals surface area contributed by atoms with Gasteiger partial charge >= 0.3 is 18.1 Å². The molecule has 11 heteroatoms. The van der Waals surface area contributed by atoms with E-state index in [1.165, 1.54) is 0 Å². The lowest BCUT2D eigenvalue weighted by Gasteiger charge is -2.32. The van der Waals surface area contributed by atoms with Crippen molar-refractivity contribution in [1.82, 2.24) is 0 Å². The lowest BCUT2D eigenvalue weighted by atomic mass is 9.98. The highest BCUT2D eigenvalue weighted by Crippen LogP contribution is 2.27. The molecule has 0 aromatic heterocycles. The predicted molar refractivity (Wildman–Crippen MR) is 123 cm³/mol. The monoisotopic (exact) mass is 496 g/mol. The molecule has 0 atom stereocenters. The summed E-state index contributed by atoms with van der Waals surface area (Å²) in [5, 5.41) is 19.5. The van der Waals surface area contributed by atoms with Gasteiger partial charge in [-0.25, -0.2) is 9.59 Å². The Morgan fingerprint density at radius 1 is 1.06 bits per heavy atom. The van der Waals surface area contributed by atoms with Crippen molar-refractivity contribution in [3.63, 3.8) is 0 Å². The van der Waals surface area contributed by atoms with Crippen molar-refractivity contribution in [2.24, 2.45) is 5.92 Å². The summed E-state index contributed by atoms with van der Waals surface area (Å²) >= 11 is 0. The van der Waals surface area contributed by atoms with Crippen LogP contribution >= 0.6 is 0 Å². The number of carboxylic acids is 2. The Balaban J connectivity index is 0.000000540. The number of aromatic carboxylic acids is 1. The predicted octanol–water partition coefficient (Wildman–Crippen LogP) is 4.44. The van der Waals surface area contributed by atoms with E-state index in [-0.39, 0.29) is 17.9 Å². The summed E-state index contributed by atoms with van der Waals surface area (Å²) in [5.74, 6) is -2.64. The standard InChI is InChI=1S/C22H26N2O4.C2HF3O2/c1-15-9-11-24(12-10-15)17-5-8-20(19(14-17)22(26)27)23-21(25)13-16-3-6-18(28-2)7-4-16;3-2(4,5)1(6)7/h3-8,14-15H,9-13H2,1-2H3,(H,23,25)(H,26,27);(H,6,7). The first-order valence-corrected chi connectivity index (χ1v) is 10.8. The molecule has 0 saturated carbocycles. The van der Waals surface area contributed by atoms with Gasteiger partial charge < -0.3 is 25.2 Å². The Kier molecular flexibility index (Phi) is 9.50. The van der Waals surface area contributed by atoms with Crippen molar-refractivity contribution in [1.29, 1.82) is 0 Å². The minimum atomic E-state index is -5.08. The van der Waals surface area contributed by atoms with E-state index in [9.17, 15) is 27.9 Å². The van der Waals surface area contributed by atoms with E-state index in [0.717, 1.165) is 42.9 Å². The Morgan fingerprint density at radius 2 is 1.63 bits per heavy atom. The Hall–Kier alpha value is -3.76. The van der Waals surface area contributed by atoms with Crippen molar-refractivity contribution >= 4 is 29.2 Å². The maximum Gasteiger partial charge on any atom is 0.490 e. The summed E-state index contributed by atoms with van der Waals surface area (Å²) in [6, 6.07) is 12.4. The number of anilines is 2. The molecule has 1 aliphatic heterocycles. The SMILES string of the molecule is COc1ccc(CC(=O)Nc2ccc(N3CCC(C)CC3)cc2C(=O)O)cc1.O=C(O)C(F)(F)F. The van der Waals surface area contributed by atoms with Crippen LogP contribution in [0.2, 0.25) is 0 Å². The highest BCUT2D eigenvalue weighted by Gasteiger charge is 2.38. The lowest BCUT2D eigenvalue weighted by Crippen LogP contribution is -2.32. The van der Waals surface area contributed by atoms with Crippen LogP contribution < -0.4 is 15.0 Å². The lowest BCUT2D eigenvalue weighted by molar-refractivity contribution is -0.192. The molecule has 1 heterocycles. The van der Waals surface area contributed by atoms with E-state index in [1.807, 2.05) is 18.2 Å². The number of hydrogen-bond donors (Lipinski definition) is 3. The van der Waals surface area contributed by atoms with Crippen LogP contribution in [0.3, 0.4) is 0 Å². The van der Waals surface area contributed by atoms with Crippen LogP contribution in [0.25, 0.3) is 0 Å². The summed E-state index contributed by atoms with van der Waals surface area (Å²) in [5.41, 5.74) is 2.14. The number of rotatable bonds is 6. The minimum absolute atomic E-state index is 0.110. The zero-order valence-corrected chi connectivity index (χ0v) is 19.3. The van der Waals surface area contributed by atoms with Crippen molar-refractivity contribution in [3.05, 3.63) is 53.6 Å². The van der Waals surface area contributed by atoms with Crippen molar-refractivity contribution in [2.45, 2.75) is 32.4 Å². The molecule has 1 amide bonds. The smallest absolute Gasteiger partial charge is 0.490 e. The second-order valence-electron chi connectivity index (χ2n) is 8.08. The average molecular weight is 496 g/mol. The summed E-state index contributed by atoms with van der Waals surface area (Å²) in [7, 11) is 1.59. The van der Waals surface area contributed by atoms with Crippen molar-refractivity contribution in [3.8, 4) is 5.75 Å². The van der Waals surface area contributed by atoms with Crippen LogP contribution in [0.15, 0.2) is 42.5 Å². The second-order valence-corrected chi connectivity index (χ2v) is 8.08. The van der Waals surface area contributed by atoms with Crippen LogP contribution in [0, 0.1) is 5.92 Å². The number of methoxy groups -OCH3 is 1. The van der Waals surface area contributed by atoms with Crippen LogP contribution in [0.5, 0.6) is 5.75 Å². The number of benzene rings is 2. The summed E-state index contributed by atoms with van der Waals surface area (Å²) in [6.07, 6.45) is -2.72. The van der Waals surface area contributed by atoms with E-state index in [4.69, 9.17) is 14.6 Å². The zero-order chi connectivity index (χ0) is 26.2. The zero-order valence-electron chi connectivity index (χ0n) is 19.3. The average Bonchev–Trinajstić information content (AvgIpc) is 2.80. The molecule has 0 unspecified atom stereocenters. The van der Waals surface area contributed by atoms with E-state index in [1.54, 1.807) is 31.4 Å². The topological polar surface area (TPSA) is 116 Å². The van der Waals surface area contributed by atoms with Gasteiger partial charge in [0.2, 0.25) is 5.91 Å². The molecule has 0 bridgehead atoms. The number of carbonyl (C=O) groups excluding carboxylic acids is 1. The van der Waals surface area contributed by atoms with Gasteiger partial charge in [-0.3, -0.25) is 4.79 Å². The molecule has 0 spiro atoms. The minimum Gasteiger partial charge on any atom is -0.497 e. The largest absolute Gasteiger partial charge is 0.497 e. The van der Waals surface area contributed by atoms with Gasteiger partial charge in [-0.15, -0.1) is 0 Å². The third-order valence-corrected chi connectivity index (χ3v) is 5.42. The quantitative estimate of drug-likeness (QED) is 0.541. The Bertz CT molecular complexity index is 1030. The number of ether oxygens (including phenoxy) is 1. The number of nitrogens with one attached hydrogen (secondary N) is 1. The molecule has 1 saturated heterocycles. The van der Waals surface area contributed by atoms with E-state index in [0.29, 0.717) is 11.6 Å². The number of halogens is 3. The second kappa shape index (κ2) is 12.1. The summed E-state index contributed by atoms with van der Waals surface area (Å²) in [6.45, 7) is 4.08. The van der Waals surface area contributed by atoms with E-state index in [2.05, 4.69) is 17.1 Å². The van der Waals surface area contributed by atoms with Gasteiger partial charge in [0.15, 0.2) is 0 Å². The molecule has 190 valence electrons. The maximum absolute atomic E-state index is 12.4. The maximum atomic E-state index is 12.4. The molecule has 35 heavy (non-hydrogen) atoms. The Labute approximate surface area is 200 Å². The molecule has 0 aliphatic carbocycles. The molecule has 1 aliphatic rings. The van der Waals surface area contributed by atoms with Gasteiger partial charge in [0.25, 0.3) is 0 Å². The highest BCUT2D eigenvalue weighted by molar-refractivity contribution is 6.01. The van der Waals surface area contributed by atoms with Crippen LogP contribution in [0.1, 0.15) is 35.7 Å². The molecule has 8 nitrogen and oxygen atoms in total. The van der Waals surface area contributed by atoms with Gasteiger partial charge in [-0.1, -0.05) is 19.1 Å². The first kappa shape index (κ1) is 27.5. The number of carboxylic acid groups (broad SMARTS) is 2. The van der Waals surface area contributed by atoms with Gasteiger partial charge in [0.05, 0.1) is 24.8 Å². The molecule has 2 aromatic rings. The molecule has 2 aromatic carbocycles. The molecular formula is C24H27F3N2O6. The number of hydrogen-bond acceptors (Lipinski definition) is 5. The Morgan fingerprint density at radius 3 is 2.11 bits per heavy atom. The van der Waals surface area contributed by atoms with Crippen LogP contribution in [-0.4, -0.2) is 54.4 Å². The molecule has 0 radical (unpaired) electrons. The van der Waals surface area contributed by atoms with Gasteiger partial charge in [0.1, 0.15) is 5.75 Å². The van der Waals surface area contributed by atoms with Gasteiger partial charge in [-0.05, 0) is 54.7 Å². The third kappa shape index (κ3) is 8.51. The number of piperidine rings is 1. The fourth-order valence-electron chi connectivity index (χ4n) is 3.40. The van der Waals surface area contributed by atoms with Gasteiger partial charge in [-0.2, -0.15) is 13.2 Å². The van der Waals surface area contributed by atoms with Crippen molar-refractivity contribution in [2.75, 3.05) is 30.4 Å². The van der Waals surface area contributed by atoms with E-state index < -0.39 is 18.1 Å². The number of alkyl halides is 3.